The van der Waals surface area contributed by atoms with Crippen molar-refractivity contribution in [1.29, 1.82) is 0 Å². The van der Waals surface area contributed by atoms with Crippen LogP contribution >= 0.6 is 0 Å². The largest absolute Gasteiger partial charge is 0.342 e. The van der Waals surface area contributed by atoms with E-state index in [4.69, 9.17) is 0 Å². The molecule has 0 amide bonds. The minimum absolute atomic E-state index is 0.860. The van der Waals surface area contributed by atoms with Gasteiger partial charge in [-0.05, 0) is 36.3 Å². The summed E-state index contributed by atoms with van der Waals surface area (Å²) in [6.45, 7) is 0. The molecule has 0 spiro atoms. The van der Waals surface area contributed by atoms with E-state index < -0.39 is 0 Å². The van der Waals surface area contributed by atoms with E-state index in [1.54, 1.807) is 0 Å². The highest BCUT2D eigenvalue weighted by molar-refractivity contribution is 5.74. The van der Waals surface area contributed by atoms with Crippen LogP contribution in [-0.2, 0) is 12.8 Å². The minimum Gasteiger partial charge on any atom is -0.342 e. The predicted molar refractivity (Wildman–Crippen MR) is 97.5 cm³/mol. The number of fused-ring (bicyclic) bond motifs is 1. The molecule has 2 aromatic heterocycles. The lowest BCUT2D eigenvalue weighted by molar-refractivity contribution is 0.849. The molecule has 2 aromatic carbocycles. The molecule has 0 saturated heterocycles. The Morgan fingerprint density at radius 3 is 2.58 bits per heavy atom. The predicted octanol–water partition coefficient (Wildman–Crippen LogP) is 4.24. The van der Waals surface area contributed by atoms with Crippen molar-refractivity contribution >= 4 is 23.2 Å². The summed E-state index contributed by atoms with van der Waals surface area (Å²) in [6.07, 6.45) is 5.83. The van der Waals surface area contributed by atoms with Crippen LogP contribution in [0.25, 0.3) is 23.2 Å². The molecule has 0 radical (unpaired) electrons. The summed E-state index contributed by atoms with van der Waals surface area (Å²) in [6, 6.07) is 20.4. The molecule has 4 heteroatoms. The number of imidazole rings is 1. The number of nitrogens with zero attached hydrogens (tertiary/aromatic N) is 2. The highest BCUT2D eigenvalue weighted by Crippen LogP contribution is 2.13. The number of benzene rings is 2. The van der Waals surface area contributed by atoms with E-state index in [1.165, 1.54) is 5.56 Å². The van der Waals surface area contributed by atoms with E-state index in [2.05, 4.69) is 50.5 Å². The molecule has 2 N–H and O–H groups in total. The van der Waals surface area contributed by atoms with Crippen LogP contribution in [0.1, 0.15) is 22.8 Å². The lowest BCUT2D eigenvalue weighted by Crippen LogP contribution is -1.93. The number of aryl methyl sites for hydroxylation is 2. The van der Waals surface area contributed by atoms with Crippen molar-refractivity contribution in [1.82, 2.24) is 20.2 Å². The highest BCUT2D eigenvalue weighted by Gasteiger charge is 2.04. The molecule has 0 aliphatic heterocycles. The maximum Gasteiger partial charge on any atom is 0.107 e. The van der Waals surface area contributed by atoms with Crippen molar-refractivity contribution in [2.24, 2.45) is 0 Å². The van der Waals surface area contributed by atoms with Crippen molar-refractivity contribution in [2.45, 2.75) is 12.8 Å². The van der Waals surface area contributed by atoms with Crippen LogP contribution in [0, 0.1) is 0 Å². The van der Waals surface area contributed by atoms with Crippen molar-refractivity contribution in [3.63, 3.8) is 0 Å². The van der Waals surface area contributed by atoms with Crippen LogP contribution < -0.4 is 0 Å². The molecule has 118 valence electrons. The van der Waals surface area contributed by atoms with Gasteiger partial charge < -0.3 is 4.98 Å². The fourth-order valence-corrected chi connectivity index (χ4v) is 2.72. The van der Waals surface area contributed by atoms with Gasteiger partial charge in [-0.3, -0.25) is 5.10 Å². The second kappa shape index (κ2) is 6.54. The zero-order chi connectivity index (χ0) is 16.2. The van der Waals surface area contributed by atoms with Crippen LogP contribution in [0.2, 0.25) is 0 Å². The van der Waals surface area contributed by atoms with Gasteiger partial charge in [-0.2, -0.15) is 5.10 Å². The zero-order valence-corrected chi connectivity index (χ0v) is 13.2. The van der Waals surface area contributed by atoms with Gasteiger partial charge in [0, 0.05) is 12.1 Å². The number of hydrogen-bond donors (Lipinski definition) is 2. The van der Waals surface area contributed by atoms with Gasteiger partial charge in [-0.15, -0.1) is 0 Å². The average molecular weight is 314 g/mol. The second-order valence-corrected chi connectivity index (χ2v) is 5.76. The molecule has 4 nitrogen and oxygen atoms in total. The van der Waals surface area contributed by atoms with Crippen LogP contribution in [0.15, 0.2) is 60.7 Å². The fraction of sp³-hybridized carbons (Fsp3) is 0.100. The molecule has 0 unspecified atom stereocenters. The van der Waals surface area contributed by atoms with Gasteiger partial charge >= 0.3 is 0 Å². The first-order chi connectivity index (χ1) is 11.9. The monoisotopic (exact) mass is 314 g/mol. The van der Waals surface area contributed by atoms with Crippen LogP contribution in [-0.4, -0.2) is 20.2 Å². The van der Waals surface area contributed by atoms with Gasteiger partial charge in [-0.25, -0.2) is 4.98 Å². The topological polar surface area (TPSA) is 57.4 Å². The van der Waals surface area contributed by atoms with Gasteiger partial charge in [0.2, 0.25) is 0 Å². The van der Waals surface area contributed by atoms with Crippen molar-refractivity contribution < 1.29 is 0 Å². The Morgan fingerprint density at radius 2 is 1.71 bits per heavy atom. The summed E-state index contributed by atoms with van der Waals surface area (Å²) in [5.41, 5.74) is 5.33. The summed E-state index contributed by atoms with van der Waals surface area (Å²) in [5, 5.41) is 7.45. The second-order valence-electron chi connectivity index (χ2n) is 5.76. The quantitative estimate of drug-likeness (QED) is 0.579. The molecule has 2 heterocycles. The molecule has 4 aromatic rings. The average Bonchev–Trinajstić information content (AvgIpc) is 3.25. The van der Waals surface area contributed by atoms with Gasteiger partial charge in [0.25, 0.3) is 0 Å². The maximum absolute atomic E-state index is 4.61. The molecule has 24 heavy (non-hydrogen) atoms. The molecule has 0 aliphatic rings. The van der Waals surface area contributed by atoms with E-state index in [9.17, 15) is 0 Å². The molecule has 0 atom stereocenters. The Hall–Kier alpha value is -3.14. The first kappa shape index (κ1) is 14.5. The maximum atomic E-state index is 4.61. The van der Waals surface area contributed by atoms with E-state index in [-0.39, 0.29) is 0 Å². The Balaban J connectivity index is 1.41. The van der Waals surface area contributed by atoms with Crippen LogP contribution in [0.5, 0.6) is 0 Å². The summed E-state index contributed by atoms with van der Waals surface area (Å²) >= 11 is 0. The SMILES string of the molecule is C(=Cc1cc(CCc2nc3ccccc3[nH]2)[nH]n1)c1ccccc1. The van der Waals surface area contributed by atoms with Gasteiger partial charge in [0.1, 0.15) is 5.82 Å². The number of hydrogen-bond acceptors (Lipinski definition) is 2. The third-order valence-electron chi connectivity index (χ3n) is 3.97. The van der Waals surface area contributed by atoms with Crippen LogP contribution in [0.3, 0.4) is 0 Å². The summed E-state index contributed by atoms with van der Waals surface area (Å²) < 4.78 is 0. The molecule has 0 saturated carbocycles. The standard InChI is InChI=1S/C20H18N4/c1-2-6-15(7-3-1)10-11-16-14-17(24-23-16)12-13-20-21-18-8-4-5-9-19(18)22-20/h1-11,14H,12-13H2,(H,21,22)(H,23,24). The molecular formula is C20H18N4. The van der Waals surface area contributed by atoms with Crippen molar-refractivity contribution in [2.75, 3.05) is 0 Å². The Kier molecular flexibility index (Phi) is 3.94. The van der Waals surface area contributed by atoms with E-state index in [1.807, 2.05) is 42.5 Å². The van der Waals surface area contributed by atoms with Gasteiger partial charge in [0.05, 0.1) is 16.7 Å². The number of H-pyrrole nitrogens is 2. The molecular weight excluding hydrogens is 296 g/mol. The van der Waals surface area contributed by atoms with Crippen molar-refractivity contribution in [3.05, 3.63) is 83.4 Å². The molecule has 4 rings (SSSR count). The Bertz CT molecular complexity index is 930. The first-order valence-electron chi connectivity index (χ1n) is 8.08. The number of aromatic nitrogens is 4. The van der Waals surface area contributed by atoms with Crippen molar-refractivity contribution in [3.8, 4) is 0 Å². The number of aromatic amines is 2. The molecule has 0 bridgehead atoms. The van der Waals surface area contributed by atoms with E-state index in [0.717, 1.165) is 41.1 Å². The first-order valence-corrected chi connectivity index (χ1v) is 8.08. The third-order valence-corrected chi connectivity index (χ3v) is 3.97. The summed E-state index contributed by atoms with van der Waals surface area (Å²) in [4.78, 5) is 7.97. The third kappa shape index (κ3) is 3.27. The van der Waals surface area contributed by atoms with E-state index in [0.29, 0.717) is 0 Å². The summed E-state index contributed by atoms with van der Waals surface area (Å²) in [7, 11) is 0. The zero-order valence-electron chi connectivity index (χ0n) is 13.2. The van der Waals surface area contributed by atoms with Gasteiger partial charge in [0.15, 0.2) is 0 Å². The lowest BCUT2D eigenvalue weighted by atomic mass is 10.2. The number of para-hydroxylation sites is 2. The number of rotatable bonds is 5. The molecule has 0 aliphatic carbocycles. The lowest BCUT2D eigenvalue weighted by Gasteiger charge is -1.93. The Labute approximate surface area is 140 Å². The smallest absolute Gasteiger partial charge is 0.107 e. The number of nitrogens with one attached hydrogen (secondary N) is 2. The highest BCUT2D eigenvalue weighted by atomic mass is 15.1. The minimum atomic E-state index is 0.860. The van der Waals surface area contributed by atoms with Crippen LogP contribution in [0.4, 0.5) is 0 Å². The normalized spacial score (nSPS) is 11.5. The molecule has 0 fully saturated rings. The Morgan fingerprint density at radius 1 is 0.875 bits per heavy atom. The summed E-state index contributed by atoms with van der Waals surface area (Å²) in [5.74, 6) is 1.01. The fourth-order valence-electron chi connectivity index (χ4n) is 2.72. The van der Waals surface area contributed by atoms with E-state index >= 15 is 0 Å². The van der Waals surface area contributed by atoms with Gasteiger partial charge in [-0.1, -0.05) is 48.5 Å².